The largest absolute Gasteiger partial charge is 0.489 e. The summed E-state index contributed by atoms with van der Waals surface area (Å²) in [6, 6.07) is 11.7. The molecule has 0 atom stereocenters. The molecule has 170 valence electrons. The molecule has 4 aromatic rings. The number of alkyl halides is 6. The highest BCUT2D eigenvalue weighted by Crippen LogP contribution is 2.37. The molecule has 4 rings (SSSR count). The molecule has 0 aliphatic heterocycles. The van der Waals surface area contributed by atoms with Gasteiger partial charge in [0.25, 0.3) is 0 Å². The Hall–Kier alpha value is -3.69. The second-order valence-corrected chi connectivity index (χ2v) is 7.07. The van der Waals surface area contributed by atoms with Gasteiger partial charge in [-0.2, -0.15) is 31.4 Å². The average molecular weight is 466 g/mol. The van der Waals surface area contributed by atoms with Crippen LogP contribution in [0.3, 0.4) is 0 Å². The third-order valence-corrected chi connectivity index (χ3v) is 4.89. The normalized spacial score (nSPS) is 12.2. The molecule has 3 aromatic carbocycles. The molecule has 0 unspecified atom stereocenters. The van der Waals surface area contributed by atoms with Crippen LogP contribution in [-0.4, -0.2) is 10.2 Å². The van der Waals surface area contributed by atoms with Gasteiger partial charge in [0.15, 0.2) is 0 Å². The van der Waals surface area contributed by atoms with E-state index >= 15 is 0 Å². The van der Waals surface area contributed by atoms with E-state index in [1.165, 1.54) is 36.5 Å². The Labute approximate surface area is 182 Å². The highest BCUT2D eigenvalue weighted by atomic mass is 19.4. The fourth-order valence-electron chi connectivity index (χ4n) is 3.41. The number of aromatic nitrogens is 2. The number of ether oxygens (including phenoxy) is 1. The monoisotopic (exact) mass is 466 g/mol. The van der Waals surface area contributed by atoms with Crippen molar-refractivity contribution >= 4 is 10.9 Å². The summed E-state index contributed by atoms with van der Waals surface area (Å²) in [7, 11) is 0. The molecule has 0 amide bonds. The van der Waals surface area contributed by atoms with Crippen LogP contribution in [0.15, 0.2) is 66.9 Å². The zero-order chi connectivity index (χ0) is 23.8. The molecule has 0 saturated carbocycles. The zero-order valence-corrected chi connectivity index (χ0v) is 16.5. The minimum atomic E-state index is -4.69. The van der Waals surface area contributed by atoms with Crippen molar-refractivity contribution in [1.29, 1.82) is 0 Å². The molecular weight excluding hydrogens is 453 g/mol. The quantitative estimate of drug-likeness (QED) is 0.302. The number of fused-ring (bicyclic) bond motifs is 1. The summed E-state index contributed by atoms with van der Waals surface area (Å²) >= 11 is 0. The summed E-state index contributed by atoms with van der Waals surface area (Å²) < 4.78 is 98.5. The van der Waals surface area contributed by atoms with Gasteiger partial charge in [-0.25, -0.2) is 4.39 Å². The van der Waals surface area contributed by atoms with Crippen molar-refractivity contribution in [2.75, 3.05) is 0 Å². The van der Waals surface area contributed by atoms with E-state index < -0.39 is 41.5 Å². The topological polar surface area (TPSA) is 35.0 Å². The van der Waals surface area contributed by atoms with Crippen LogP contribution in [0.4, 0.5) is 30.7 Å². The van der Waals surface area contributed by atoms with Crippen LogP contribution in [-0.2, 0) is 19.0 Å². The van der Waals surface area contributed by atoms with Gasteiger partial charge in [0.1, 0.15) is 23.7 Å². The first kappa shape index (κ1) is 22.5. The Kier molecular flexibility index (Phi) is 5.69. The Balaban J connectivity index is 1.68. The van der Waals surface area contributed by atoms with E-state index in [1.807, 2.05) is 0 Å². The number of hydrogen-bond donors (Lipinski definition) is 0. The number of rotatable bonds is 4. The van der Waals surface area contributed by atoms with Crippen molar-refractivity contribution in [2.24, 2.45) is 0 Å². The maximum absolute atomic E-state index is 13.5. The number of benzene rings is 3. The number of halogens is 7. The minimum Gasteiger partial charge on any atom is -0.489 e. The lowest BCUT2D eigenvalue weighted by atomic mass is 10.0. The molecular formula is C23H13F7N2O. The van der Waals surface area contributed by atoms with Gasteiger partial charge in [-0.3, -0.25) is 0 Å². The minimum absolute atomic E-state index is 0.141. The molecule has 0 aliphatic rings. The summed E-state index contributed by atoms with van der Waals surface area (Å²) in [6.07, 6.45) is -8.03. The summed E-state index contributed by atoms with van der Waals surface area (Å²) in [5.74, 6) is -0.702. The third kappa shape index (κ3) is 4.74. The van der Waals surface area contributed by atoms with E-state index in [9.17, 15) is 30.7 Å². The van der Waals surface area contributed by atoms with Gasteiger partial charge in [0, 0.05) is 16.5 Å². The van der Waals surface area contributed by atoms with Crippen LogP contribution in [0.2, 0.25) is 0 Å². The van der Waals surface area contributed by atoms with Gasteiger partial charge < -0.3 is 4.74 Å². The van der Waals surface area contributed by atoms with Crippen LogP contribution < -0.4 is 4.74 Å². The van der Waals surface area contributed by atoms with E-state index in [-0.39, 0.29) is 16.7 Å². The lowest BCUT2D eigenvalue weighted by Gasteiger charge is -2.15. The first-order valence-corrected chi connectivity index (χ1v) is 9.44. The van der Waals surface area contributed by atoms with Crippen molar-refractivity contribution in [3.8, 4) is 16.9 Å². The third-order valence-electron chi connectivity index (χ3n) is 4.89. The molecule has 0 bridgehead atoms. The summed E-state index contributed by atoms with van der Waals surface area (Å²) in [4.78, 5) is 0. The molecule has 0 N–H and O–H groups in total. The van der Waals surface area contributed by atoms with Crippen molar-refractivity contribution in [1.82, 2.24) is 10.2 Å². The van der Waals surface area contributed by atoms with Crippen LogP contribution in [0, 0.1) is 5.82 Å². The number of nitrogens with zero attached hydrogens (tertiary/aromatic N) is 2. The average Bonchev–Trinajstić information content (AvgIpc) is 2.75. The molecule has 3 nitrogen and oxygen atoms in total. The maximum Gasteiger partial charge on any atom is 0.418 e. The Bertz CT molecular complexity index is 1320. The van der Waals surface area contributed by atoms with Crippen molar-refractivity contribution in [3.63, 3.8) is 0 Å². The van der Waals surface area contributed by atoms with Gasteiger partial charge in [-0.05, 0) is 42.0 Å². The van der Waals surface area contributed by atoms with Gasteiger partial charge in [0.05, 0.1) is 17.3 Å². The summed E-state index contributed by atoms with van der Waals surface area (Å²) in [6.45, 7) is -0.566. The van der Waals surface area contributed by atoms with Gasteiger partial charge in [-0.1, -0.05) is 24.3 Å². The predicted molar refractivity (Wildman–Crippen MR) is 106 cm³/mol. The lowest BCUT2D eigenvalue weighted by Crippen LogP contribution is -2.11. The first-order chi connectivity index (χ1) is 15.5. The highest BCUT2D eigenvalue weighted by Gasteiger charge is 2.34. The first-order valence-electron chi connectivity index (χ1n) is 9.44. The molecule has 0 saturated heterocycles. The van der Waals surface area contributed by atoms with Crippen molar-refractivity contribution < 1.29 is 35.5 Å². The summed E-state index contributed by atoms with van der Waals surface area (Å²) in [5, 5.41) is 7.50. The predicted octanol–water partition coefficient (Wildman–Crippen LogP) is 7.05. The summed E-state index contributed by atoms with van der Waals surface area (Å²) in [5.41, 5.74) is -1.93. The van der Waals surface area contributed by atoms with Crippen molar-refractivity contribution in [3.05, 3.63) is 89.4 Å². The van der Waals surface area contributed by atoms with Crippen LogP contribution in [0.1, 0.15) is 16.7 Å². The fraction of sp³-hybridized carbons (Fsp3) is 0.130. The van der Waals surface area contributed by atoms with E-state index in [2.05, 4.69) is 10.2 Å². The molecule has 10 heteroatoms. The smallest absolute Gasteiger partial charge is 0.418 e. The Morgan fingerprint density at radius 2 is 1.52 bits per heavy atom. The fourth-order valence-corrected chi connectivity index (χ4v) is 3.41. The zero-order valence-electron chi connectivity index (χ0n) is 16.5. The van der Waals surface area contributed by atoms with Gasteiger partial charge in [0.2, 0.25) is 0 Å². The second-order valence-electron chi connectivity index (χ2n) is 7.07. The van der Waals surface area contributed by atoms with Gasteiger partial charge >= 0.3 is 12.4 Å². The molecule has 1 heterocycles. The second kappa shape index (κ2) is 8.34. The highest BCUT2D eigenvalue weighted by molar-refractivity contribution is 5.95. The Morgan fingerprint density at radius 3 is 2.24 bits per heavy atom. The standard InChI is InChI=1S/C23H13F7N2O/c24-15-7-8-19(22(25,26)27)14(9-15)12-33-16-4-1-3-13(10-16)18-11-31-32-21-17(18)5-2-6-20(21)23(28,29)30/h1-11H,12H2. The van der Waals surface area contributed by atoms with Gasteiger partial charge in [-0.15, -0.1) is 5.10 Å². The SMILES string of the molecule is Fc1ccc(C(F)(F)F)c(COc2cccc(-c3cnnc4c(C(F)(F)F)cccc34)c2)c1. The maximum atomic E-state index is 13.5. The molecule has 0 spiro atoms. The van der Waals surface area contributed by atoms with Crippen LogP contribution in [0.5, 0.6) is 5.75 Å². The molecule has 0 fully saturated rings. The number of hydrogen-bond acceptors (Lipinski definition) is 3. The lowest BCUT2D eigenvalue weighted by molar-refractivity contribution is -0.138. The van der Waals surface area contributed by atoms with Crippen LogP contribution >= 0.6 is 0 Å². The van der Waals surface area contributed by atoms with E-state index in [1.54, 1.807) is 6.07 Å². The van der Waals surface area contributed by atoms with E-state index in [0.717, 1.165) is 12.1 Å². The Morgan fingerprint density at radius 1 is 0.788 bits per heavy atom. The van der Waals surface area contributed by atoms with Crippen LogP contribution in [0.25, 0.3) is 22.0 Å². The molecule has 1 aromatic heterocycles. The molecule has 0 aliphatic carbocycles. The molecule has 33 heavy (non-hydrogen) atoms. The van der Waals surface area contributed by atoms with E-state index in [0.29, 0.717) is 23.3 Å². The van der Waals surface area contributed by atoms with Crippen molar-refractivity contribution in [2.45, 2.75) is 19.0 Å². The van der Waals surface area contributed by atoms with E-state index in [4.69, 9.17) is 4.74 Å². The molecule has 0 radical (unpaired) electrons.